The molecule has 0 fully saturated rings. The van der Waals surface area contributed by atoms with Gasteiger partial charge in [0.25, 0.3) is 6.85 Å². The van der Waals surface area contributed by atoms with E-state index in [9.17, 15) is 0 Å². The van der Waals surface area contributed by atoms with Gasteiger partial charge in [0.05, 0.1) is 0 Å². The Bertz CT molecular complexity index is 482. The number of nitrogens with zero attached hydrogens (tertiary/aromatic N) is 1. The Balaban J connectivity index is 3.28. The number of hydrogen-bond acceptors (Lipinski definition) is 1. The van der Waals surface area contributed by atoms with Crippen LogP contribution in [0.2, 0.25) is 5.82 Å². The van der Waals surface area contributed by atoms with E-state index >= 15 is 0 Å². The first kappa shape index (κ1) is 17.8. The van der Waals surface area contributed by atoms with Crippen LogP contribution in [0.25, 0.3) is 5.47 Å². The van der Waals surface area contributed by atoms with Gasteiger partial charge in [-0.25, -0.2) is 0 Å². The van der Waals surface area contributed by atoms with Gasteiger partial charge in [-0.05, 0) is 36.0 Å². The molecule has 0 saturated heterocycles. The zero-order valence-electron chi connectivity index (χ0n) is 14.6. The minimum absolute atomic E-state index is 0.281. The highest BCUT2D eigenvalue weighted by molar-refractivity contribution is 6.78. The van der Waals surface area contributed by atoms with Crippen molar-refractivity contribution in [1.29, 1.82) is 0 Å². The number of aryl methyl sites for hydroxylation is 1. The van der Waals surface area contributed by atoms with E-state index in [1.54, 1.807) is 0 Å². The molecule has 1 aromatic carbocycles. The molecule has 0 amide bonds. The van der Waals surface area contributed by atoms with Crippen LogP contribution in [0.4, 0.5) is 0 Å². The highest BCUT2D eigenvalue weighted by Gasteiger charge is 2.34. The van der Waals surface area contributed by atoms with Crippen molar-refractivity contribution in [3.63, 3.8) is 0 Å². The molecule has 21 heavy (non-hydrogen) atoms. The van der Waals surface area contributed by atoms with Crippen LogP contribution in [0.1, 0.15) is 45.7 Å². The van der Waals surface area contributed by atoms with Crippen LogP contribution >= 0.6 is 0 Å². The minimum Gasteiger partial charge on any atom is -0.333 e. The first-order valence-electron chi connectivity index (χ1n) is 7.96. The van der Waals surface area contributed by atoms with E-state index in [2.05, 4.69) is 83.8 Å². The van der Waals surface area contributed by atoms with Gasteiger partial charge in [0.15, 0.2) is 0 Å². The largest absolute Gasteiger partial charge is 0.333 e. The van der Waals surface area contributed by atoms with E-state index in [4.69, 9.17) is 0 Å². The third-order valence-electron chi connectivity index (χ3n) is 4.23. The van der Waals surface area contributed by atoms with Crippen molar-refractivity contribution in [3.05, 3.63) is 54.6 Å². The molecule has 0 spiro atoms. The molecule has 0 aliphatic rings. The molecule has 1 aromatic rings. The molecule has 0 N–H and O–H groups in total. The lowest BCUT2D eigenvalue weighted by Crippen LogP contribution is -2.50. The molecule has 0 saturated carbocycles. The summed E-state index contributed by atoms with van der Waals surface area (Å²) in [6.45, 7) is 22.2. The molecule has 0 aromatic heterocycles. The fraction of sp³-hybridized carbons (Fsp3) is 0.474. The van der Waals surface area contributed by atoms with Crippen LogP contribution in [0, 0.1) is 6.92 Å². The maximum atomic E-state index is 4.45. The predicted octanol–water partition coefficient (Wildman–Crippen LogP) is 5.23. The molecule has 114 valence electrons. The molecular weight excluding hydrogens is 253 g/mol. The Labute approximate surface area is 131 Å². The number of allylic oxidation sites excluding steroid dienone is 1. The van der Waals surface area contributed by atoms with Gasteiger partial charge in [-0.2, -0.15) is 0 Å². The Morgan fingerprint density at radius 3 is 2.05 bits per heavy atom. The van der Waals surface area contributed by atoms with Gasteiger partial charge >= 0.3 is 0 Å². The predicted molar refractivity (Wildman–Crippen MR) is 97.7 cm³/mol. The third-order valence-corrected chi connectivity index (χ3v) is 4.23. The molecular formula is C19H30BN. The molecule has 2 heteroatoms. The number of hydrogen-bond donors (Lipinski definition) is 0. The smallest absolute Gasteiger partial charge is 0.264 e. The summed E-state index contributed by atoms with van der Waals surface area (Å²) in [5.74, 6) is 0.363. The summed E-state index contributed by atoms with van der Waals surface area (Å²) >= 11 is 0. The molecule has 0 radical (unpaired) electrons. The van der Waals surface area contributed by atoms with E-state index in [1.807, 2.05) is 6.08 Å². The summed E-state index contributed by atoms with van der Waals surface area (Å²) in [4.78, 5) is 2.54. The summed E-state index contributed by atoms with van der Waals surface area (Å²) in [5, 5.41) is 0. The van der Waals surface area contributed by atoms with Crippen molar-refractivity contribution in [2.45, 2.75) is 59.4 Å². The molecule has 0 aliphatic heterocycles. The minimum atomic E-state index is 0.281. The average Bonchev–Trinajstić information content (AvgIpc) is 2.42. The van der Waals surface area contributed by atoms with Crippen molar-refractivity contribution in [1.82, 2.24) is 4.81 Å². The first-order valence-corrected chi connectivity index (χ1v) is 7.96. The monoisotopic (exact) mass is 283 g/mol. The zero-order valence-corrected chi connectivity index (χ0v) is 14.6. The van der Waals surface area contributed by atoms with Crippen molar-refractivity contribution in [2.75, 3.05) is 0 Å². The fourth-order valence-electron chi connectivity index (χ4n) is 3.23. The molecule has 1 atom stereocenters. The van der Waals surface area contributed by atoms with Gasteiger partial charge in [-0.1, -0.05) is 70.4 Å². The highest BCUT2D eigenvalue weighted by Crippen LogP contribution is 2.31. The van der Waals surface area contributed by atoms with E-state index in [1.165, 1.54) is 16.6 Å². The third kappa shape index (κ3) is 4.10. The van der Waals surface area contributed by atoms with Crippen LogP contribution in [-0.4, -0.2) is 23.7 Å². The van der Waals surface area contributed by atoms with E-state index in [0.29, 0.717) is 17.9 Å². The van der Waals surface area contributed by atoms with Gasteiger partial charge in [-0.15, -0.1) is 13.2 Å². The van der Waals surface area contributed by atoms with Gasteiger partial charge in [-0.3, -0.25) is 0 Å². The van der Waals surface area contributed by atoms with Crippen LogP contribution < -0.4 is 0 Å². The maximum Gasteiger partial charge on any atom is 0.264 e. The van der Waals surface area contributed by atoms with Gasteiger partial charge < -0.3 is 4.81 Å². The lowest BCUT2D eigenvalue weighted by Gasteiger charge is -2.40. The van der Waals surface area contributed by atoms with Crippen LogP contribution in [0.15, 0.2) is 43.5 Å². The van der Waals surface area contributed by atoms with Gasteiger partial charge in [0, 0.05) is 0 Å². The lowest BCUT2D eigenvalue weighted by atomic mass is 9.43. The molecule has 0 bridgehead atoms. The Kier molecular flexibility index (Phi) is 6.48. The normalized spacial score (nSPS) is 12.8. The summed E-state index contributed by atoms with van der Waals surface area (Å²) in [7, 11) is 0. The quantitative estimate of drug-likeness (QED) is 0.489. The van der Waals surface area contributed by atoms with E-state index in [-0.39, 0.29) is 6.85 Å². The van der Waals surface area contributed by atoms with Crippen LogP contribution in [-0.2, 0) is 0 Å². The molecule has 1 nitrogen and oxygen atoms in total. The van der Waals surface area contributed by atoms with E-state index in [0.717, 1.165) is 0 Å². The average molecular weight is 283 g/mol. The van der Waals surface area contributed by atoms with Crippen molar-refractivity contribution >= 4 is 12.3 Å². The number of rotatable bonds is 7. The molecule has 0 aliphatic carbocycles. The second-order valence-electron chi connectivity index (χ2n) is 6.51. The SMILES string of the molecule is C=CC(C)B(C(=C)c1ccccc1C)N(C(C)C)C(C)C. The standard InChI is InChI=1S/C19H30BN/c1-9-17(7)20(21(14(2)3)15(4)5)18(8)19-13-11-10-12-16(19)6/h9-15,17H,1,8H2,2-7H3. The summed E-state index contributed by atoms with van der Waals surface area (Å²) in [6.07, 6.45) is 2.05. The second-order valence-corrected chi connectivity index (χ2v) is 6.51. The molecule has 1 rings (SSSR count). The Morgan fingerprint density at radius 1 is 1.10 bits per heavy atom. The summed E-state index contributed by atoms with van der Waals surface area (Å²) in [5.41, 5.74) is 3.75. The van der Waals surface area contributed by atoms with Gasteiger partial charge in [0.2, 0.25) is 0 Å². The highest BCUT2D eigenvalue weighted by atomic mass is 15.1. The maximum absolute atomic E-state index is 4.45. The fourth-order valence-corrected chi connectivity index (χ4v) is 3.23. The Hall–Kier alpha value is -1.28. The number of benzene rings is 1. The summed E-state index contributed by atoms with van der Waals surface area (Å²) < 4.78 is 0. The first-order chi connectivity index (χ1) is 9.81. The van der Waals surface area contributed by atoms with Gasteiger partial charge in [0.1, 0.15) is 0 Å². The molecule has 1 unspecified atom stereocenters. The molecule has 0 heterocycles. The van der Waals surface area contributed by atoms with Crippen LogP contribution in [0.3, 0.4) is 0 Å². The topological polar surface area (TPSA) is 3.24 Å². The Morgan fingerprint density at radius 2 is 1.62 bits per heavy atom. The van der Waals surface area contributed by atoms with Crippen molar-refractivity contribution in [2.24, 2.45) is 0 Å². The van der Waals surface area contributed by atoms with Crippen LogP contribution in [0.5, 0.6) is 0 Å². The zero-order chi connectivity index (χ0) is 16.2. The van der Waals surface area contributed by atoms with Crippen molar-refractivity contribution < 1.29 is 0 Å². The lowest BCUT2D eigenvalue weighted by molar-refractivity contribution is 0.304. The van der Waals surface area contributed by atoms with E-state index < -0.39 is 0 Å². The summed E-state index contributed by atoms with van der Waals surface area (Å²) in [6, 6.07) is 9.46. The van der Waals surface area contributed by atoms with Crippen molar-refractivity contribution in [3.8, 4) is 0 Å². The second kappa shape index (κ2) is 7.65.